The molecule has 5 nitrogen and oxygen atoms in total. The molecule has 0 aromatic rings. The quantitative estimate of drug-likeness (QED) is 0.533. The Morgan fingerprint density at radius 2 is 2.00 bits per heavy atom. The molecule has 0 fully saturated rings. The van der Waals surface area contributed by atoms with Crippen LogP contribution < -0.4 is 0 Å². The van der Waals surface area contributed by atoms with Gasteiger partial charge in [0.25, 0.3) is 0 Å². The van der Waals surface area contributed by atoms with E-state index in [0.29, 0.717) is 13.2 Å². The third kappa shape index (κ3) is 7.30. The highest BCUT2D eigenvalue weighted by Crippen LogP contribution is 2.05. The first-order valence-electron chi connectivity index (χ1n) is 5.24. The van der Waals surface area contributed by atoms with E-state index < -0.39 is 11.9 Å². The lowest BCUT2D eigenvalue weighted by atomic mass is 10.1. The van der Waals surface area contributed by atoms with Crippen molar-refractivity contribution in [2.45, 2.75) is 13.3 Å². The molecule has 0 aliphatic heterocycles. The van der Waals surface area contributed by atoms with Crippen molar-refractivity contribution in [2.24, 2.45) is 0 Å². The van der Waals surface area contributed by atoms with Crippen LogP contribution in [0.15, 0.2) is 23.8 Å². The standard InChI is InChI=1S/C12H19NO4/c1-9(11(14)15)5-6-10(2)12(16)17-8-7-13(3)4/h5H,2,6-8H2,1,3-4H3,(H,14,15). The summed E-state index contributed by atoms with van der Waals surface area (Å²) in [6.45, 7) is 5.96. The first-order chi connectivity index (χ1) is 7.84. The number of nitrogens with zero attached hydrogens (tertiary/aromatic N) is 1. The van der Waals surface area contributed by atoms with E-state index in [4.69, 9.17) is 9.84 Å². The van der Waals surface area contributed by atoms with Crippen LogP contribution in [0.3, 0.4) is 0 Å². The van der Waals surface area contributed by atoms with Gasteiger partial charge >= 0.3 is 11.9 Å². The molecule has 0 amide bonds. The number of hydrogen-bond donors (Lipinski definition) is 1. The summed E-state index contributed by atoms with van der Waals surface area (Å²) >= 11 is 0. The van der Waals surface area contributed by atoms with Crippen molar-refractivity contribution in [1.82, 2.24) is 4.90 Å². The van der Waals surface area contributed by atoms with Crippen molar-refractivity contribution in [1.29, 1.82) is 0 Å². The van der Waals surface area contributed by atoms with Crippen LogP contribution in [0.4, 0.5) is 0 Å². The van der Waals surface area contributed by atoms with Gasteiger partial charge in [0.15, 0.2) is 0 Å². The lowest BCUT2D eigenvalue weighted by molar-refractivity contribution is -0.139. The highest BCUT2D eigenvalue weighted by atomic mass is 16.5. The number of likely N-dealkylation sites (N-methyl/N-ethyl adjacent to an activating group) is 1. The summed E-state index contributed by atoms with van der Waals surface area (Å²) < 4.78 is 4.95. The minimum atomic E-state index is -1.00. The molecular formula is C12H19NO4. The third-order valence-electron chi connectivity index (χ3n) is 2.05. The van der Waals surface area contributed by atoms with Crippen molar-refractivity contribution in [2.75, 3.05) is 27.2 Å². The van der Waals surface area contributed by atoms with E-state index in [1.54, 1.807) is 0 Å². The summed E-state index contributed by atoms with van der Waals surface area (Å²) in [6, 6.07) is 0. The number of aliphatic carboxylic acids is 1. The zero-order chi connectivity index (χ0) is 13.4. The molecule has 0 bridgehead atoms. The van der Waals surface area contributed by atoms with Crippen LogP contribution in [-0.2, 0) is 14.3 Å². The van der Waals surface area contributed by atoms with Crippen LogP contribution in [0.5, 0.6) is 0 Å². The summed E-state index contributed by atoms with van der Waals surface area (Å²) in [7, 11) is 3.75. The minimum absolute atomic E-state index is 0.187. The number of carbonyl (C=O) groups is 2. The normalized spacial score (nSPS) is 11.4. The van der Waals surface area contributed by atoms with Gasteiger partial charge in [-0.2, -0.15) is 0 Å². The van der Waals surface area contributed by atoms with Gasteiger partial charge in [-0.25, -0.2) is 9.59 Å². The Bertz CT molecular complexity index is 331. The van der Waals surface area contributed by atoms with Crippen LogP contribution in [-0.4, -0.2) is 49.2 Å². The van der Waals surface area contributed by atoms with Crippen molar-refractivity contribution in [3.63, 3.8) is 0 Å². The fourth-order valence-electron chi connectivity index (χ4n) is 0.870. The molecule has 0 atom stereocenters. The van der Waals surface area contributed by atoms with Crippen LogP contribution in [0, 0.1) is 0 Å². The Kier molecular flexibility index (Phi) is 6.89. The predicted octanol–water partition coefficient (Wildman–Crippen LogP) is 1.07. The molecule has 0 saturated carbocycles. The lowest BCUT2D eigenvalue weighted by Crippen LogP contribution is -2.20. The number of carboxylic acid groups (broad SMARTS) is 1. The van der Waals surface area contributed by atoms with Gasteiger partial charge in [-0.1, -0.05) is 12.7 Å². The second kappa shape index (κ2) is 7.62. The molecule has 96 valence electrons. The Morgan fingerprint density at radius 1 is 1.41 bits per heavy atom. The van der Waals surface area contributed by atoms with Crippen molar-refractivity contribution in [3.8, 4) is 0 Å². The van der Waals surface area contributed by atoms with Gasteiger partial charge in [0.05, 0.1) is 0 Å². The van der Waals surface area contributed by atoms with E-state index in [2.05, 4.69) is 6.58 Å². The number of carboxylic acids is 1. The molecule has 0 rings (SSSR count). The third-order valence-corrected chi connectivity index (χ3v) is 2.05. The van der Waals surface area contributed by atoms with Crippen LogP contribution in [0.1, 0.15) is 13.3 Å². The predicted molar refractivity (Wildman–Crippen MR) is 64.7 cm³/mol. The molecule has 0 radical (unpaired) electrons. The Labute approximate surface area is 101 Å². The van der Waals surface area contributed by atoms with Crippen LogP contribution in [0.25, 0.3) is 0 Å². The second-order valence-electron chi connectivity index (χ2n) is 3.94. The molecule has 0 unspecified atom stereocenters. The average molecular weight is 241 g/mol. The fraction of sp³-hybridized carbons (Fsp3) is 0.500. The van der Waals surface area contributed by atoms with E-state index in [1.165, 1.54) is 13.0 Å². The number of rotatable bonds is 7. The number of carbonyl (C=O) groups excluding carboxylic acids is 1. The molecule has 0 saturated heterocycles. The molecule has 1 N–H and O–H groups in total. The molecular weight excluding hydrogens is 222 g/mol. The zero-order valence-corrected chi connectivity index (χ0v) is 10.5. The van der Waals surface area contributed by atoms with Gasteiger partial charge < -0.3 is 14.7 Å². The van der Waals surface area contributed by atoms with Gasteiger partial charge in [0.2, 0.25) is 0 Å². The average Bonchev–Trinajstić information content (AvgIpc) is 2.24. The molecule has 5 heteroatoms. The van der Waals surface area contributed by atoms with Gasteiger partial charge in [-0.05, 0) is 27.4 Å². The molecule has 0 spiro atoms. The molecule has 17 heavy (non-hydrogen) atoms. The maximum Gasteiger partial charge on any atom is 0.333 e. The Morgan fingerprint density at radius 3 is 2.47 bits per heavy atom. The monoisotopic (exact) mass is 241 g/mol. The second-order valence-corrected chi connectivity index (χ2v) is 3.94. The molecule has 0 aromatic heterocycles. The van der Waals surface area contributed by atoms with E-state index in [0.717, 1.165) is 0 Å². The Balaban J connectivity index is 4.03. The smallest absolute Gasteiger partial charge is 0.333 e. The highest BCUT2D eigenvalue weighted by Gasteiger charge is 2.08. The first-order valence-corrected chi connectivity index (χ1v) is 5.24. The summed E-state index contributed by atoms with van der Waals surface area (Å²) in [5, 5.41) is 8.62. The molecule has 0 aliphatic rings. The van der Waals surface area contributed by atoms with Crippen LogP contribution >= 0.6 is 0 Å². The summed E-state index contributed by atoms with van der Waals surface area (Å²) in [5.74, 6) is -1.49. The summed E-state index contributed by atoms with van der Waals surface area (Å²) in [6.07, 6.45) is 1.64. The van der Waals surface area contributed by atoms with Gasteiger partial charge in [0.1, 0.15) is 6.61 Å². The number of ether oxygens (including phenoxy) is 1. The topological polar surface area (TPSA) is 66.8 Å². The maximum atomic E-state index is 11.4. The van der Waals surface area contributed by atoms with Gasteiger partial charge in [-0.3, -0.25) is 0 Å². The van der Waals surface area contributed by atoms with Gasteiger partial charge in [0, 0.05) is 17.7 Å². The van der Waals surface area contributed by atoms with Crippen LogP contribution in [0.2, 0.25) is 0 Å². The number of allylic oxidation sites excluding steroid dienone is 1. The van der Waals surface area contributed by atoms with E-state index in [1.807, 2.05) is 19.0 Å². The SMILES string of the molecule is C=C(CC=C(C)C(=O)O)C(=O)OCCN(C)C. The highest BCUT2D eigenvalue weighted by molar-refractivity contribution is 5.89. The molecule has 0 aromatic carbocycles. The summed E-state index contributed by atoms with van der Waals surface area (Å²) in [4.78, 5) is 23.8. The molecule has 0 aliphatic carbocycles. The fourth-order valence-corrected chi connectivity index (χ4v) is 0.870. The zero-order valence-electron chi connectivity index (χ0n) is 10.5. The largest absolute Gasteiger partial charge is 0.478 e. The number of esters is 1. The van der Waals surface area contributed by atoms with E-state index >= 15 is 0 Å². The van der Waals surface area contributed by atoms with E-state index in [9.17, 15) is 9.59 Å². The Hall–Kier alpha value is -1.62. The maximum absolute atomic E-state index is 11.4. The first kappa shape index (κ1) is 15.4. The van der Waals surface area contributed by atoms with E-state index in [-0.39, 0.29) is 17.6 Å². The molecule has 0 heterocycles. The minimum Gasteiger partial charge on any atom is -0.478 e. The van der Waals surface area contributed by atoms with Gasteiger partial charge in [-0.15, -0.1) is 0 Å². The number of hydrogen-bond acceptors (Lipinski definition) is 4. The summed E-state index contributed by atoms with van der Waals surface area (Å²) in [5.41, 5.74) is 0.441. The van der Waals surface area contributed by atoms with Crippen molar-refractivity contribution in [3.05, 3.63) is 23.8 Å². The lowest BCUT2D eigenvalue weighted by Gasteiger charge is -2.10. The van der Waals surface area contributed by atoms with Crippen molar-refractivity contribution < 1.29 is 19.4 Å². The van der Waals surface area contributed by atoms with Crippen molar-refractivity contribution >= 4 is 11.9 Å².